The molecule has 0 aliphatic carbocycles. The van der Waals surface area contributed by atoms with Crippen molar-refractivity contribution < 1.29 is 9.53 Å². The van der Waals surface area contributed by atoms with Crippen LogP contribution in [0.5, 0.6) is 0 Å². The summed E-state index contributed by atoms with van der Waals surface area (Å²) in [6.45, 7) is 11.0. The molecule has 0 saturated carbocycles. The molecule has 3 aromatic rings. The Morgan fingerprint density at radius 2 is 2.08 bits per heavy atom. The molecule has 2 aromatic heterocycles. The smallest absolute Gasteiger partial charge is 0.410 e. The van der Waals surface area contributed by atoms with E-state index >= 15 is 0 Å². The number of rotatable bonds is 6. The van der Waals surface area contributed by atoms with Gasteiger partial charge in [-0.15, -0.1) is 5.10 Å². The van der Waals surface area contributed by atoms with Gasteiger partial charge in [-0.2, -0.15) is 4.98 Å². The summed E-state index contributed by atoms with van der Waals surface area (Å²) in [5, 5.41) is 11.6. The maximum Gasteiger partial charge on any atom is 0.410 e. The molecule has 9 heteroatoms. The average molecular weight is 500 g/mol. The van der Waals surface area contributed by atoms with E-state index in [4.69, 9.17) is 9.72 Å². The van der Waals surface area contributed by atoms with Crippen LogP contribution < -0.4 is 10.6 Å². The van der Waals surface area contributed by atoms with E-state index in [0.29, 0.717) is 31.7 Å². The summed E-state index contributed by atoms with van der Waals surface area (Å²) in [6, 6.07) is 12.9. The number of carbonyl (C=O) groups excluding carboxylic acids is 1. The lowest BCUT2D eigenvalue weighted by Crippen LogP contribution is -2.35. The van der Waals surface area contributed by atoms with E-state index in [0.717, 1.165) is 65.7 Å². The standard InChI is InChI=1S/C28H33N7O2/c1-3-37-28(36)33-15-11-21(12-16-33)24-5-4-14-35-26(24)31-27(32-35)30-23-8-6-20(7-9-23)19(2)34-17-22-10-13-29-25(22)18-34/h4-9,11,14,22,25,29H,2-3,10,12-13,15-18H2,1H3,(H,30,32)/t22-,25+/m0/s1. The van der Waals surface area contributed by atoms with Crippen LogP contribution in [0.4, 0.5) is 16.4 Å². The molecule has 9 nitrogen and oxygen atoms in total. The second-order valence-corrected chi connectivity index (χ2v) is 9.91. The predicted octanol–water partition coefficient (Wildman–Crippen LogP) is 3.98. The molecule has 37 heavy (non-hydrogen) atoms. The first-order valence-corrected chi connectivity index (χ1v) is 13.1. The lowest BCUT2D eigenvalue weighted by atomic mass is 10.0. The first-order chi connectivity index (χ1) is 18.1. The summed E-state index contributed by atoms with van der Waals surface area (Å²) < 4.78 is 6.92. The molecular formula is C28H33N7O2. The van der Waals surface area contributed by atoms with Gasteiger partial charge in [0.2, 0.25) is 5.95 Å². The molecular weight excluding hydrogens is 466 g/mol. The van der Waals surface area contributed by atoms with Crippen molar-refractivity contribution in [3.8, 4) is 0 Å². The molecule has 1 amide bonds. The molecule has 0 radical (unpaired) electrons. The number of fused-ring (bicyclic) bond motifs is 2. The van der Waals surface area contributed by atoms with Crippen LogP contribution in [0.2, 0.25) is 0 Å². The minimum absolute atomic E-state index is 0.264. The lowest BCUT2D eigenvalue weighted by Gasteiger charge is -2.25. The number of ether oxygens (including phenoxy) is 1. The highest BCUT2D eigenvalue weighted by Gasteiger charge is 2.36. The topological polar surface area (TPSA) is 87.0 Å². The van der Waals surface area contributed by atoms with Gasteiger partial charge in [-0.25, -0.2) is 9.31 Å². The molecule has 192 valence electrons. The third-order valence-electron chi connectivity index (χ3n) is 7.66. The van der Waals surface area contributed by atoms with E-state index in [1.807, 2.05) is 19.2 Å². The van der Waals surface area contributed by atoms with E-state index in [2.05, 4.69) is 63.6 Å². The first kappa shape index (κ1) is 23.5. The van der Waals surface area contributed by atoms with Crippen LogP contribution in [-0.4, -0.2) is 75.9 Å². The highest BCUT2D eigenvalue weighted by atomic mass is 16.6. The third-order valence-corrected chi connectivity index (χ3v) is 7.66. The number of amides is 1. The fraction of sp³-hybridized carbons (Fsp3) is 0.393. The molecule has 3 aliphatic heterocycles. The van der Waals surface area contributed by atoms with Crippen LogP contribution in [-0.2, 0) is 4.74 Å². The summed E-state index contributed by atoms with van der Waals surface area (Å²) in [5.74, 6) is 1.28. The molecule has 5 heterocycles. The fourth-order valence-corrected chi connectivity index (χ4v) is 5.63. The monoisotopic (exact) mass is 499 g/mol. The first-order valence-electron chi connectivity index (χ1n) is 13.1. The Kier molecular flexibility index (Phi) is 6.30. The summed E-state index contributed by atoms with van der Waals surface area (Å²) in [4.78, 5) is 20.9. The zero-order valence-electron chi connectivity index (χ0n) is 21.2. The third kappa shape index (κ3) is 4.67. The van der Waals surface area contributed by atoms with Crippen LogP contribution in [0.15, 0.2) is 55.3 Å². The molecule has 0 bridgehead atoms. The van der Waals surface area contributed by atoms with Crippen LogP contribution in [0.25, 0.3) is 16.9 Å². The van der Waals surface area contributed by atoms with Crippen LogP contribution in [0, 0.1) is 5.92 Å². The van der Waals surface area contributed by atoms with Crippen molar-refractivity contribution in [2.24, 2.45) is 5.92 Å². The SMILES string of the molecule is C=C(c1ccc(Nc2nc3c(C4=CCN(C(=O)OCC)CC4)cccn3n2)cc1)N1C[C@@H]2CCN[C@@H]2C1. The molecule has 6 rings (SSSR count). The van der Waals surface area contributed by atoms with Gasteiger partial charge < -0.3 is 25.2 Å². The highest BCUT2D eigenvalue weighted by Crippen LogP contribution is 2.31. The normalized spacial score (nSPS) is 21.2. The van der Waals surface area contributed by atoms with Gasteiger partial charge in [0.15, 0.2) is 5.65 Å². The zero-order chi connectivity index (χ0) is 25.4. The predicted molar refractivity (Wildman–Crippen MR) is 144 cm³/mol. The van der Waals surface area contributed by atoms with Crippen molar-refractivity contribution in [1.29, 1.82) is 0 Å². The minimum atomic E-state index is -0.264. The number of hydrogen-bond donors (Lipinski definition) is 2. The van der Waals surface area contributed by atoms with Gasteiger partial charge in [0, 0.05) is 55.4 Å². The van der Waals surface area contributed by atoms with Crippen LogP contribution in [0.3, 0.4) is 0 Å². The van der Waals surface area contributed by atoms with E-state index in [1.54, 1.807) is 9.42 Å². The van der Waals surface area contributed by atoms with Crippen LogP contribution in [0.1, 0.15) is 30.9 Å². The summed E-state index contributed by atoms with van der Waals surface area (Å²) in [5.41, 5.74) is 6.13. The Labute approximate surface area is 216 Å². The lowest BCUT2D eigenvalue weighted by molar-refractivity contribution is 0.111. The molecule has 3 aliphatic rings. The Balaban J connectivity index is 1.14. The number of nitrogens with zero attached hydrogens (tertiary/aromatic N) is 5. The quantitative estimate of drug-likeness (QED) is 0.530. The van der Waals surface area contributed by atoms with Gasteiger partial charge >= 0.3 is 6.09 Å². The molecule has 0 spiro atoms. The van der Waals surface area contributed by atoms with Crippen molar-refractivity contribution in [2.75, 3.05) is 44.6 Å². The number of benzene rings is 1. The molecule has 2 fully saturated rings. The number of hydrogen-bond acceptors (Lipinski definition) is 7. The van der Waals surface area contributed by atoms with E-state index in [-0.39, 0.29) is 6.09 Å². The second-order valence-electron chi connectivity index (χ2n) is 9.91. The number of pyridine rings is 1. The Hall–Kier alpha value is -3.85. The van der Waals surface area contributed by atoms with E-state index in [9.17, 15) is 4.79 Å². The van der Waals surface area contributed by atoms with Gasteiger partial charge in [-0.05, 0) is 67.6 Å². The Morgan fingerprint density at radius 3 is 2.84 bits per heavy atom. The molecule has 2 N–H and O–H groups in total. The summed E-state index contributed by atoms with van der Waals surface area (Å²) in [6.07, 6.45) is 5.72. The van der Waals surface area contributed by atoms with Crippen molar-refractivity contribution in [3.63, 3.8) is 0 Å². The van der Waals surface area contributed by atoms with Crippen molar-refractivity contribution in [1.82, 2.24) is 29.7 Å². The molecule has 2 atom stereocenters. The van der Waals surface area contributed by atoms with Crippen molar-refractivity contribution >= 4 is 34.6 Å². The fourth-order valence-electron chi connectivity index (χ4n) is 5.63. The number of likely N-dealkylation sites (tertiary alicyclic amines) is 1. The van der Waals surface area contributed by atoms with Gasteiger partial charge in [-0.3, -0.25) is 0 Å². The van der Waals surface area contributed by atoms with Gasteiger partial charge in [0.25, 0.3) is 0 Å². The maximum atomic E-state index is 12.0. The van der Waals surface area contributed by atoms with Gasteiger partial charge in [0.05, 0.1) is 6.61 Å². The number of carbonyl (C=O) groups is 1. The molecule has 1 aromatic carbocycles. The van der Waals surface area contributed by atoms with E-state index < -0.39 is 0 Å². The van der Waals surface area contributed by atoms with Gasteiger partial charge in [-0.1, -0.05) is 24.8 Å². The van der Waals surface area contributed by atoms with Crippen molar-refractivity contribution in [2.45, 2.75) is 25.8 Å². The summed E-state index contributed by atoms with van der Waals surface area (Å²) in [7, 11) is 0. The number of anilines is 2. The van der Waals surface area contributed by atoms with E-state index in [1.165, 1.54) is 6.42 Å². The van der Waals surface area contributed by atoms with Crippen molar-refractivity contribution in [3.05, 3.63) is 66.4 Å². The largest absolute Gasteiger partial charge is 0.450 e. The minimum Gasteiger partial charge on any atom is -0.450 e. The average Bonchev–Trinajstić information content (AvgIpc) is 3.64. The Bertz CT molecular complexity index is 1330. The summed E-state index contributed by atoms with van der Waals surface area (Å²) >= 11 is 0. The highest BCUT2D eigenvalue weighted by molar-refractivity contribution is 5.79. The number of aromatic nitrogens is 3. The van der Waals surface area contributed by atoms with Crippen LogP contribution >= 0.6 is 0 Å². The molecule has 2 saturated heterocycles. The number of nitrogens with one attached hydrogen (secondary N) is 2. The second kappa shape index (κ2) is 9.89. The maximum absolute atomic E-state index is 12.0. The Morgan fingerprint density at radius 1 is 1.22 bits per heavy atom. The molecule has 0 unspecified atom stereocenters. The zero-order valence-corrected chi connectivity index (χ0v) is 21.2. The van der Waals surface area contributed by atoms with Gasteiger partial charge in [0.1, 0.15) is 0 Å².